The van der Waals surface area contributed by atoms with Crippen molar-refractivity contribution in [1.29, 1.82) is 0 Å². The molecule has 1 heterocycles. The Morgan fingerprint density at radius 1 is 1.42 bits per heavy atom. The van der Waals surface area contributed by atoms with Crippen LogP contribution >= 0.6 is 0 Å². The van der Waals surface area contributed by atoms with E-state index in [0.717, 1.165) is 6.07 Å². The van der Waals surface area contributed by atoms with Crippen LogP contribution in [0.1, 0.15) is 18.9 Å². The summed E-state index contributed by atoms with van der Waals surface area (Å²) in [5.41, 5.74) is 6.54. The summed E-state index contributed by atoms with van der Waals surface area (Å²) in [4.78, 5) is 13.5. The van der Waals surface area contributed by atoms with E-state index in [9.17, 15) is 13.6 Å². The number of hydrogen-bond acceptors (Lipinski definition) is 2. The number of carbonyl (C=O) groups excluding carboxylic acids is 1. The van der Waals surface area contributed by atoms with E-state index in [1.807, 2.05) is 6.92 Å². The van der Waals surface area contributed by atoms with Crippen molar-refractivity contribution in [3.05, 3.63) is 41.5 Å². The lowest BCUT2D eigenvalue weighted by atomic mass is 10.0. The summed E-state index contributed by atoms with van der Waals surface area (Å²) in [6, 6.07) is 3.43. The predicted molar refractivity (Wildman–Crippen MR) is 69.2 cm³/mol. The highest BCUT2D eigenvalue weighted by molar-refractivity contribution is 5.85. The zero-order chi connectivity index (χ0) is 14.0. The monoisotopic (exact) mass is 266 g/mol. The van der Waals surface area contributed by atoms with E-state index in [1.165, 1.54) is 12.1 Å². The Bertz CT molecular complexity index is 528. The average Bonchev–Trinajstić information content (AvgIpc) is 2.54. The summed E-state index contributed by atoms with van der Waals surface area (Å²) in [5.74, 6) is -1.93. The van der Waals surface area contributed by atoms with Gasteiger partial charge in [-0.3, -0.25) is 4.79 Å². The number of halogens is 2. The van der Waals surface area contributed by atoms with Gasteiger partial charge in [0, 0.05) is 18.7 Å². The van der Waals surface area contributed by atoms with Gasteiger partial charge in [0.1, 0.15) is 0 Å². The number of rotatable bonds is 2. The van der Waals surface area contributed by atoms with Gasteiger partial charge in [-0.2, -0.15) is 0 Å². The summed E-state index contributed by atoms with van der Waals surface area (Å²) >= 11 is 0. The van der Waals surface area contributed by atoms with E-state index in [0.29, 0.717) is 18.5 Å². The Labute approximate surface area is 110 Å². The molecule has 1 atom stereocenters. The van der Waals surface area contributed by atoms with Gasteiger partial charge in [0.15, 0.2) is 11.6 Å². The molecule has 1 amide bonds. The van der Waals surface area contributed by atoms with Gasteiger partial charge in [0.2, 0.25) is 5.91 Å². The molecule has 1 aliphatic heterocycles. The molecule has 3 nitrogen and oxygen atoms in total. The lowest BCUT2D eigenvalue weighted by Gasteiger charge is -2.22. The minimum Gasteiger partial charge on any atom is -0.337 e. The summed E-state index contributed by atoms with van der Waals surface area (Å²) in [7, 11) is 0. The van der Waals surface area contributed by atoms with Crippen LogP contribution in [0.5, 0.6) is 0 Å². The van der Waals surface area contributed by atoms with Gasteiger partial charge in [-0.15, -0.1) is 0 Å². The van der Waals surface area contributed by atoms with Gasteiger partial charge in [0.05, 0.1) is 6.04 Å². The van der Waals surface area contributed by atoms with Gasteiger partial charge < -0.3 is 10.6 Å². The molecule has 5 heteroatoms. The van der Waals surface area contributed by atoms with Crippen molar-refractivity contribution in [2.24, 2.45) is 5.73 Å². The lowest BCUT2D eigenvalue weighted by Crippen LogP contribution is -2.42. The van der Waals surface area contributed by atoms with Gasteiger partial charge in [-0.25, -0.2) is 8.78 Å². The first kappa shape index (κ1) is 13.7. The number of carbonyl (C=O) groups is 1. The Hall–Kier alpha value is -1.75. The maximum atomic E-state index is 13.8. The standard InChI is InChI=1S/C14H16F2N2O/c1-2-18-8-9(6-7-12(17)14(18)19)10-4-3-5-11(15)13(10)16/h3-6,12H,2,7-8,17H2,1H3. The van der Waals surface area contributed by atoms with Crippen LogP contribution in [0.2, 0.25) is 0 Å². The van der Waals surface area contributed by atoms with Crippen LogP contribution in [0.15, 0.2) is 24.3 Å². The average molecular weight is 266 g/mol. The molecular formula is C14H16F2N2O. The topological polar surface area (TPSA) is 46.3 Å². The van der Waals surface area contributed by atoms with Gasteiger partial charge in [0.25, 0.3) is 0 Å². The molecule has 1 unspecified atom stereocenters. The fourth-order valence-electron chi connectivity index (χ4n) is 2.17. The number of benzene rings is 1. The van der Waals surface area contributed by atoms with Crippen molar-refractivity contribution in [3.8, 4) is 0 Å². The Morgan fingerprint density at radius 3 is 2.84 bits per heavy atom. The number of amides is 1. The van der Waals surface area contributed by atoms with Crippen LogP contribution in [0.4, 0.5) is 8.78 Å². The van der Waals surface area contributed by atoms with Crippen molar-refractivity contribution >= 4 is 11.5 Å². The van der Waals surface area contributed by atoms with Crippen LogP contribution < -0.4 is 5.73 Å². The molecule has 0 bridgehead atoms. The largest absolute Gasteiger partial charge is 0.337 e. The molecule has 1 aliphatic rings. The highest BCUT2D eigenvalue weighted by Gasteiger charge is 2.25. The van der Waals surface area contributed by atoms with Gasteiger partial charge >= 0.3 is 0 Å². The smallest absolute Gasteiger partial charge is 0.240 e. The molecule has 102 valence electrons. The quantitative estimate of drug-likeness (QED) is 0.889. The second kappa shape index (κ2) is 5.48. The summed E-state index contributed by atoms with van der Waals surface area (Å²) in [6.07, 6.45) is 2.05. The summed E-state index contributed by atoms with van der Waals surface area (Å²) in [6.45, 7) is 2.57. The van der Waals surface area contributed by atoms with Crippen LogP contribution in [0.3, 0.4) is 0 Å². The molecule has 2 N–H and O–H groups in total. The third kappa shape index (κ3) is 2.66. The highest BCUT2D eigenvalue weighted by Crippen LogP contribution is 2.24. The van der Waals surface area contributed by atoms with Crippen LogP contribution in [0, 0.1) is 11.6 Å². The fraction of sp³-hybridized carbons (Fsp3) is 0.357. The fourth-order valence-corrected chi connectivity index (χ4v) is 2.17. The van der Waals surface area contributed by atoms with Crippen LogP contribution in [-0.4, -0.2) is 29.9 Å². The first-order valence-corrected chi connectivity index (χ1v) is 6.22. The normalized spacial score (nSPS) is 20.2. The predicted octanol–water partition coefficient (Wildman–Crippen LogP) is 1.93. The number of nitrogens with zero attached hydrogens (tertiary/aromatic N) is 1. The van der Waals surface area contributed by atoms with Gasteiger partial charge in [-0.05, 0) is 25.0 Å². The van der Waals surface area contributed by atoms with Crippen molar-refractivity contribution in [1.82, 2.24) is 4.90 Å². The first-order chi connectivity index (χ1) is 9.04. The molecule has 1 aromatic rings. The van der Waals surface area contributed by atoms with Crippen LogP contribution in [0.25, 0.3) is 5.57 Å². The molecule has 1 aromatic carbocycles. The maximum Gasteiger partial charge on any atom is 0.240 e. The highest BCUT2D eigenvalue weighted by atomic mass is 19.2. The van der Waals surface area contributed by atoms with E-state index in [4.69, 9.17) is 5.73 Å². The lowest BCUT2D eigenvalue weighted by molar-refractivity contribution is -0.131. The zero-order valence-corrected chi connectivity index (χ0v) is 10.7. The third-order valence-corrected chi connectivity index (χ3v) is 3.29. The summed E-state index contributed by atoms with van der Waals surface area (Å²) < 4.78 is 27.1. The van der Waals surface area contributed by atoms with E-state index in [-0.39, 0.29) is 18.0 Å². The molecule has 0 aromatic heterocycles. The molecule has 0 aliphatic carbocycles. The van der Waals surface area contributed by atoms with E-state index >= 15 is 0 Å². The minimum absolute atomic E-state index is 0.162. The molecule has 0 saturated carbocycles. The molecule has 2 rings (SSSR count). The second-order valence-corrected chi connectivity index (χ2v) is 4.53. The molecular weight excluding hydrogens is 250 g/mol. The first-order valence-electron chi connectivity index (χ1n) is 6.22. The van der Waals surface area contributed by atoms with E-state index < -0.39 is 17.7 Å². The minimum atomic E-state index is -0.888. The number of likely N-dealkylation sites (N-methyl/N-ethyl adjacent to an activating group) is 1. The Morgan fingerprint density at radius 2 is 2.16 bits per heavy atom. The molecule has 0 spiro atoms. The number of hydrogen-bond donors (Lipinski definition) is 1. The maximum absolute atomic E-state index is 13.8. The van der Waals surface area contributed by atoms with E-state index in [2.05, 4.69) is 0 Å². The zero-order valence-electron chi connectivity index (χ0n) is 10.7. The number of nitrogens with two attached hydrogens (primary N) is 1. The SMILES string of the molecule is CCN1CC(c2cccc(F)c2F)=CCC(N)C1=O. The van der Waals surface area contributed by atoms with Crippen molar-refractivity contribution in [2.75, 3.05) is 13.1 Å². The summed E-state index contributed by atoms with van der Waals surface area (Å²) in [5, 5.41) is 0. The second-order valence-electron chi connectivity index (χ2n) is 4.53. The molecule has 0 fully saturated rings. The molecule has 19 heavy (non-hydrogen) atoms. The molecule has 0 radical (unpaired) electrons. The Kier molecular flexibility index (Phi) is 3.95. The van der Waals surface area contributed by atoms with Crippen molar-refractivity contribution in [2.45, 2.75) is 19.4 Å². The van der Waals surface area contributed by atoms with Crippen molar-refractivity contribution in [3.63, 3.8) is 0 Å². The van der Waals surface area contributed by atoms with Crippen molar-refractivity contribution < 1.29 is 13.6 Å². The van der Waals surface area contributed by atoms with Crippen LogP contribution in [-0.2, 0) is 4.79 Å². The molecule has 0 saturated heterocycles. The third-order valence-electron chi connectivity index (χ3n) is 3.29. The van der Waals surface area contributed by atoms with Gasteiger partial charge in [-0.1, -0.05) is 18.2 Å². The van der Waals surface area contributed by atoms with E-state index in [1.54, 1.807) is 11.0 Å². The Balaban J connectivity index is 2.39.